The molecule has 0 bridgehead atoms. The predicted octanol–water partition coefficient (Wildman–Crippen LogP) is 5.37. The maximum Gasteiger partial charge on any atom is 0.318 e. The van der Waals surface area contributed by atoms with Crippen molar-refractivity contribution in [2.45, 2.75) is 50.7 Å². The summed E-state index contributed by atoms with van der Waals surface area (Å²) in [7, 11) is 4.23. The van der Waals surface area contributed by atoms with Gasteiger partial charge in [-0.1, -0.05) is 48.9 Å². The largest absolute Gasteiger partial charge is 0.463 e. The Morgan fingerprint density at radius 2 is 1.96 bits per heavy atom. The number of anilines is 2. The van der Waals surface area contributed by atoms with E-state index in [9.17, 15) is 14.4 Å². The van der Waals surface area contributed by atoms with Crippen LogP contribution in [0.2, 0.25) is 5.02 Å². The van der Waals surface area contributed by atoms with Crippen LogP contribution in [0, 0.1) is 17.2 Å². The summed E-state index contributed by atoms with van der Waals surface area (Å²) < 4.78 is 20.2. The van der Waals surface area contributed by atoms with Crippen molar-refractivity contribution in [2.24, 2.45) is 5.92 Å². The summed E-state index contributed by atoms with van der Waals surface area (Å²) in [5.74, 6) is -0.630. The minimum Gasteiger partial charge on any atom is -0.463 e. The Balaban J connectivity index is 1.34. The Morgan fingerprint density at radius 3 is 2.71 bits per heavy atom. The van der Waals surface area contributed by atoms with E-state index in [1.165, 1.54) is 11.3 Å². The van der Waals surface area contributed by atoms with E-state index in [0.717, 1.165) is 52.9 Å². The van der Waals surface area contributed by atoms with Crippen LogP contribution in [0.25, 0.3) is 10.8 Å². The molecule has 0 spiro atoms. The second kappa shape index (κ2) is 13.2. The number of benzene rings is 2. The number of halogens is 2. The lowest BCUT2D eigenvalue weighted by atomic mass is 10.0. The molecular weight excluding hydrogens is 593 g/mol. The van der Waals surface area contributed by atoms with Crippen molar-refractivity contribution >= 4 is 39.8 Å². The van der Waals surface area contributed by atoms with E-state index in [2.05, 4.69) is 65.7 Å². The predicted molar refractivity (Wildman–Crippen MR) is 174 cm³/mol. The zero-order valence-electron chi connectivity index (χ0n) is 25.9. The molecule has 1 aliphatic carbocycles. The van der Waals surface area contributed by atoms with Crippen molar-refractivity contribution in [2.75, 3.05) is 56.7 Å². The Bertz CT molecular complexity index is 1640. The fourth-order valence-electron chi connectivity index (χ4n) is 7.28. The van der Waals surface area contributed by atoms with Crippen LogP contribution in [0.1, 0.15) is 36.9 Å². The van der Waals surface area contributed by atoms with Gasteiger partial charge in [-0.15, -0.1) is 0 Å². The quantitative estimate of drug-likeness (QED) is 0.307. The standard InChI is InChI=1S/C34H39ClFN7O2/c1-22(36)33(44)43-18-17-42(19-25(43)13-15-37)32-26-14-16-41(30-12-5-8-23-7-4-10-27(35)31(23)30)20-28(26)38-34(39-32)45-21-24-9-6-11-29(24)40(2)3/h4-5,7-8,10,12,24-25,29H,1,6,9,11,13-14,16-21H2,2-3H3/t24-,25?,29+/m1/s1. The monoisotopic (exact) mass is 631 g/mol. The van der Waals surface area contributed by atoms with Crippen LogP contribution >= 0.6 is 11.6 Å². The number of aromatic nitrogens is 2. The Kier molecular flexibility index (Phi) is 9.11. The van der Waals surface area contributed by atoms with E-state index in [1.54, 1.807) is 0 Å². The second-order valence-electron chi connectivity index (χ2n) is 12.4. The zero-order valence-corrected chi connectivity index (χ0v) is 26.6. The summed E-state index contributed by atoms with van der Waals surface area (Å²) in [5.41, 5.74) is 2.97. The summed E-state index contributed by atoms with van der Waals surface area (Å²) in [6.07, 6.45) is 4.19. The second-order valence-corrected chi connectivity index (χ2v) is 12.8. The number of rotatable bonds is 8. The number of hydrogen-bond donors (Lipinski definition) is 0. The normalized spacial score (nSPS) is 21.6. The molecule has 1 aromatic heterocycles. The molecule has 2 fully saturated rings. The Hall–Kier alpha value is -3.94. The van der Waals surface area contributed by atoms with E-state index in [0.29, 0.717) is 55.7 Å². The van der Waals surface area contributed by atoms with Crippen molar-refractivity contribution in [1.82, 2.24) is 19.8 Å². The maximum absolute atomic E-state index is 13.8. The molecule has 1 saturated heterocycles. The van der Waals surface area contributed by atoms with Gasteiger partial charge >= 0.3 is 6.01 Å². The Morgan fingerprint density at radius 1 is 1.16 bits per heavy atom. The number of carbonyl (C=O) groups excluding carboxylic acids is 1. The number of hydrogen-bond acceptors (Lipinski definition) is 8. The topological polar surface area (TPSA) is 88.8 Å². The molecule has 2 aliphatic heterocycles. The van der Waals surface area contributed by atoms with E-state index in [-0.39, 0.29) is 13.0 Å². The van der Waals surface area contributed by atoms with Gasteiger partial charge in [-0.25, -0.2) is 4.39 Å². The lowest BCUT2D eigenvalue weighted by molar-refractivity contribution is -0.131. The number of fused-ring (bicyclic) bond motifs is 2. The zero-order chi connectivity index (χ0) is 31.7. The molecule has 3 aromatic rings. The van der Waals surface area contributed by atoms with Gasteiger partial charge < -0.3 is 24.3 Å². The highest BCUT2D eigenvalue weighted by Gasteiger charge is 2.35. The molecule has 6 rings (SSSR count). The summed E-state index contributed by atoms with van der Waals surface area (Å²) in [6.45, 7) is 6.06. The Labute approximate surface area is 268 Å². The molecule has 9 nitrogen and oxygen atoms in total. The van der Waals surface area contributed by atoms with E-state index in [1.807, 2.05) is 12.1 Å². The molecule has 1 saturated carbocycles. The van der Waals surface area contributed by atoms with Gasteiger partial charge in [-0.2, -0.15) is 15.2 Å². The summed E-state index contributed by atoms with van der Waals surface area (Å²) >= 11 is 6.70. The molecule has 1 amide bonds. The highest BCUT2D eigenvalue weighted by molar-refractivity contribution is 6.36. The van der Waals surface area contributed by atoms with Gasteiger partial charge in [-0.3, -0.25) is 4.79 Å². The van der Waals surface area contributed by atoms with Crippen LogP contribution in [0.15, 0.2) is 48.8 Å². The average Bonchev–Trinajstić information content (AvgIpc) is 3.52. The van der Waals surface area contributed by atoms with Gasteiger partial charge in [0, 0.05) is 54.8 Å². The fourth-order valence-corrected chi connectivity index (χ4v) is 7.56. The van der Waals surface area contributed by atoms with Gasteiger partial charge in [0.1, 0.15) is 5.82 Å². The van der Waals surface area contributed by atoms with E-state index < -0.39 is 17.8 Å². The molecule has 11 heteroatoms. The molecule has 45 heavy (non-hydrogen) atoms. The van der Waals surface area contributed by atoms with E-state index >= 15 is 0 Å². The van der Waals surface area contributed by atoms with Crippen LogP contribution in [-0.4, -0.2) is 84.6 Å². The summed E-state index contributed by atoms with van der Waals surface area (Å²) in [6, 6.07) is 14.6. The number of nitrogens with zero attached hydrogens (tertiary/aromatic N) is 7. The highest BCUT2D eigenvalue weighted by Crippen LogP contribution is 2.38. The number of nitriles is 1. The molecule has 0 N–H and O–H groups in total. The van der Waals surface area contributed by atoms with Gasteiger partial charge in [0.05, 0.1) is 42.4 Å². The fraction of sp³-hybridized carbons (Fsp3) is 0.471. The van der Waals surface area contributed by atoms with E-state index in [4.69, 9.17) is 26.3 Å². The first-order valence-corrected chi connectivity index (χ1v) is 16.0. The average molecular weight is 632 g/mol. The lowest BCUT2D eigenvalue weighted by Gasteiger charge is -2.42. The molecule has 1 unspecified atom stereocenters. The van der Waals surface area contributed by atoms with Crippen LogP contribution in [0.5, 0.6) is 6.01 Å². The molecule has 3 atom stereocenters. The van der Waals surface area contributed by atoms with Crippen molar-refractivity contribution in [1.29, 1.82) is 5.26 Å². The first-order chi connectivity index (χ1) is 21.7. The molecule has 3 aliphatic rings. The minimum absolute atomic E-state index is 0.0787. The maximum atomic E-state index is 13.8. The number of carbonyl (C=O) groups is 1. The third-order valence-corrected chi connectivity index (χ3v) is 9.82. The molecule has 3 heterocycles. The van der Waals surface area contributed by atoms with Crippen LogP contribution in [0.3, 0.4) is 0 Å². The van der Waals surface area contributed by atoms with Crippen molar-refractivity contribution in [3.8, 4) is 12.1 Å². The molecular formula is C34H39ClFN7O2. The van der Waals surface area contributed by atoms with Crippen molar-refractivity contribution in [3.63, 3.8) is 0 Å². The first kappa shape index (κ1) is 31.1. The lowest BCUT2D eigenvalue weighted by Crippen LogP contribution is -2.55. The first-order valence-electron chi connectivity index (χ1n) is 15.6. The number of piperazine rings is 1. The third kappa shape index (κ3) is 6.29. The summed E-state index contributed by atoms with van der Waals surface area (Å²) in [4.78, 5) is 30.6. The summed E-state index contributed by atoms with van der Waals surface area (Å²) in [5, 5.41) is 12.3. The molecule has 2 aromatic carbocycles. The minimum atomic E-state index is -1.02. The van der Waals surface area contributed by atoms with Crippen molar-refractivity contribution < 1.29 is 13.9 Å². The molecule has 0 radical (unpaired) electrons. The van der Waals surface area contributed by atoms with Crippen LogP contribution in [-0.2, 0) is 17.8 Å². The van der Waals surface area contributed by atoms with Gasteiger partial charge in [-0.05, 0) is 50.9 Å². The van der Waals surface area contributed by atoms with Gasteiger partial charge in [0.15, 0.2) is 5.83 Å². The van der Waals surface area contributed by atoms with Crippen molar-refractivity contribution in [3.05, 3.63) is 65.1 Å². The van der Waals surface area contributed by atoms with Crippen LogP contribution in [0.4, 0.5) is 15.9 Å². The highest BCUT2D eigenvalue weighted by atomic mass is 35.5. The number of ether oxygens (including phenoxy) is 1. The van der Waals surface area contributed by atoms with Gasteiger partial charge in [0.2, 0.25) is 0 Å². The van der Waals surface area contributed by atoms with Gasteiger partial charge in [0.25, 0.3) is 5.91 Å². The smallest absolute Gasteiger partial charge is 0.318 e. The van der Waals surface area contributed by atoms with Crippen LogP contribution < -0.4 is 14.5 Å². The molecule has 236 valence electrons. The third-order valence-electron chi connectivity index (χ3n) is 9.51. The SMILES string of the molecule is C=C(F)C(=O)N1CCN(c2nc(OC[C@H]3CCC[C@@H]3N(C)C)nc3c2CCN(c2cccc4cccc(Cl)c24)C3)CC1CC#N. The number of amides is 1.